The molecular formula is C24H25N5O2. The van der Waals surface area contributed by atoms with Crippen LogP contribution in [0.4, 0.5) is 0 Å². The minimum atomic E-state index is -0.291. The highest BCUT2D eigenvalue weighted by atomic mass is 16.5. The van der Waals surface area contributed by atoms with E-state index in [0.29, 0.717) is 12.3 Å². The molecular weight excluding hydrogens is 390 g/mol. The van der Waals surface area contributed by atoms with Crippen LogP contribution >= 0.6 is 0 Å². The van der Waals surface area contributed by atoms with E-state index in [4.69, 9.17) is 4.74 Å². The van der Waals surface area contributed by atoms with E-state index >= 15 is 0 Å². The van der Waals surface area contributed by atoms with Crippen molar-refractivity contribution in [2.45, 2.75) is 33.8 Å². The van der Waals surface area contributed by atoms with Gasteiger partial charge < -0.3 is 4.74 Å². The summed E-state index contributed by atoms with van der Waals surface area (Å²) in [4.78, 5) is 16.9. The quantitative estimate of drug-likeness (QED) is 0.479. The summed E-state index contributed by atoms with van der Waals surface area (Å²) >= 11 is 0. The first-order valence-electron chi connectivity index (χ1n) is 10.2. The maximum absolute atomic E-state index is 12.4. The van der Waals surface area contributed by atoms with Gasteiger partial charge in [-0.15, -0.1) is 0 Å². The SMILES string of the molecule is CCc1cccc(-n2nnn(C)c2=O)c1COc1ccc(-c2ccc(C)cn2)cc1C. The average molecular weight is 415 g/mol. The third-order valence-corrected chi connectivity index (χ3v) is 5.33. The summed E-state index contributed by atoms with van der Waals surface area (Å²) in [5.74, 6) is 0.791. The number of nitrogens with zero attached hydrogens (tertiary/aromatic N) is 5. The summed E-state index contributed by atoms with van der Waals surface area (Å²) in [6.45, 7) is 6.45. The van der Waals surface area contributed by atoms with Crippen LogP contribution in [0.25, 0.3) is 16.9 Å². The molecule has 31 heavy (non-hydrogen) atoms. The number of tetrazole rings is 1. The van der Waals surface area contributed by atoms with E-state index in [0.717, 1.165) is 45.7 Å². The zero-order valence-electron chi connectivity index (χ0n) is 18.2. The number of aromatic nitrogens is 5. The van der Waals surface area contributed by atoms with E-state index in [1.165, 1.54) is 9.36 Å². The molecule has 0 aliphatic heterocycles. The monoisotopic (exact) mass is 415 g/mol. The molecule has 0 unspecified atom stereocenters. The number of ether oxygens (including phenoxy) is 1. The Kier molecular flexibility index (Phi) is 5.66. The van der Waals surface area contributed by atoms with Gasteiger partial charge in [0.05, 0.1) is 11.4 Å². The predicted octanol–water partition coefficient (Wildman–Crippen LogP) is 3.79. The third-order valence-electron chi connectivity index (χ3n) is 5.33. The number of benzene rings is 2. The van der Waals surface area contributed by atoms with Gasteiger partial charge in [-0.1, -0.05) is 25.1 Å². The second-order valence-corrected chi connectivity index (χ2v) is 7.55. The molecule has 0 N–H and O–H groups in total. The van der Waals surface area contributed by atoms with Crippen molar-refractivity contribution < 1.29 is 4.74 Å². The molecule has 0 amide bonds. The van der Waals surface area contributed by atoms with Crippen molar-refractivity contribution in [3.63, 3.8) is 0 Å². The minimum Gasteiger partial charge on any atom is -0.489 e. The maximum atomic E-state index is 12.4. The summed E-state index contributed by atoms with van der Waals surface area (Å²) < 4.78 is 8.72. The summed E-state index contributed by atoms with van der Waals surface area (Å²) in [6.07, 6.45) is 2.69. The molecule has 0 saturated carbocycles. The Morgan fingerprint density at radius 1 is 1.03 bits per heavy atom. The van der Waals surface area contributed by atoms with Crippen molar-refractivity contribution in [2.75, 3.05) is 0 Å². The van der Waals surface area contributed by atoms with Crippen molar-refractivity contribution in [2.24, 2.45) is 7.05 Å². The molecule has 2 aromatic carbocycles. The maximum Gasteiger partial charge on any atom is 0.368 e. The van der Waals surface area contributed by atoms with Gasteiger partial charge in [-0.25, -0.2) is 4.79 Å². The molecule has 158 valence electrons. The highest BCUT2D eigenvalue weighted by molar-refractivity contribution is 5.62. The molecule has 4 rings (SSSR count). The van der Waals surface area contributed by atoms with E-state index < -0.39 is 0 Å². The van der Waals surface area contributed by atoms with Crippen LogP contribution in [0.3, 0.4) is 0 Å². The summed E-state index contributed by atoms with van der Waals surface area (Å²) in [6, 6.07) is 16.0. The van der Waals surface area contributed by atoms with Gasteiger partial charge in [0.2, 0.25) is 0 Å². The molecule has 2 heterocycles. The molecule has 0 radical (unpaired) electrons. The van der Waals surface area contributed by atoms with Crippen LogP contribution in [-0.2, 0) is 20.1 Å². The van der Waals surface area contributed by atoms with Crippen LogP contribution in [0.5, 0.6) is 5.75 Å². The van der Waals surface area contributed by atoms with E-state index in [1.807, 2.05) is 56.4 Å². The van der Waals surface area contributed by atoms with E-state index in [1.54, 1.807) is 7.05 Å². The Bertz CT molecular complexity index is 1270. The van der Waals surface area contributed by atoms with E-state index in [9.17, 15) is 4.79 Å². The fourth-order valence-corrected chi connectivity index (χ4v) is 3.54. The number of hydrogen-bond acceptors (Lipinski definition) is 5. The van der Waals surface area contributed by atoms with Gasteiger partial charge in [-0.05, 0) is 77.7 Å². The molecule has 2 aromatic heterocycles. The van der Waals surface area contributed by atoms with Gasteiger partial charge in [-0.2, -0.15) is 9.36 Å². The minimum absolute atomic E-state index is 0.291. The zero-order chi connectivity index (χ0) is 22.0. The number of hydrogen-bond donors (Lipinski definition) is 0. The van der Waals surface area contributed by atoms with Crippen molar-refractivity contribution in [1.82, 2.24) is 24.8 Å². The first kappa shape index (κ1) is 20.5. The average Bonchev–Trinajstić information content (AvgIpc) is 3.11. The molecule has 7 nitrogen and oxygen atoms in total. The lowest BCUT2D eigenvalue weighted by molar-refractivity contribution is 0.302. The van der Waals surface area contributed by atoms with Gasteiger partial charge in [0.15, 0.2) is 0 Å². The highest BCUT2D eigenvalue weighted by Crippen LogP contribution is 2.27. The van der Waals surface area contributed by atoms with Crippen LogP contribution in [0.1, 0.15) is 29.2 Å². The van der Waals surface area contributed by atoms with Gasteiger partial charge in [-0.3, -0.25) is 4.98 Å². The highest BCUT2D eigenvalue weighted by Gasteiger charge is 2.15. The molecule has 0 atom stereocenters. The predicted molar refractivity (Wildman–Crippen MR) is 119 cm³/mol. The second-order valence-electron chi connectivity index (χ2n) is 7.55. The van der Waals surface area contributed by atoms with Gasteiger partial charge >= 0.3 is 5.69 Å². The summed E-state index contributed by atoms with van der Waals surface area (Å²) in [5.41, 5.74) is 6.56. The summed E-state index contributed by atoms with van der Waals surface area (Å²) in [5, 5.41) is 7.84. The largest absolute Gasteiger partial charge is 0.489 e. The van der Waals surface area contributed by atoms with Crippen molar-refractivity contribution in [3.8, 4) is 22.7 Å². The summed E-state index contributed by atoms with van der Waals surface area (Å²) in [7, 11) is 1.58. The third kappa shape index (κ3) is 4.12. The molecule has 0 aliphatic carbocycles. The normalized spacial score (nSPS) is 11.0. The lowest BCUT2D eigenvalue weighted by Gasteiger charge is -2.16. The van der Waals surface area contributed by atoms with Gasteiger partial charge in [0.1, 0.15) is 12.4 Å². The molecule has 0 saturated heterocycles. The topological polar surface area (TPSA) is 74.8 Å². The molecule has 0 fully saturated rings. The van der Waals surface area contributed by atoms with Crippen LogP contribution in [0.2, 0.25) is 0 Å². The Balaban J connectivity index is 1.63. The second kappa shape index (κ2) is 8.55. The van der Waals surface area contributed by atoms with Crippen LogP contribution in [-0.4, -0.2) is 24.8 Å². The zero-order valence-corrected chi connectivity index (χ0v) is 18.2. The lowest BCUT2D eigenvalue weighted by atomic mass is 10.0. The Labute approximate surface area is 180 Å². The Morgan fingerprint density at radius 3 is 2.52 bits per heavy atom. The van der Waals surface area contributed by atoms with Crippen LogP contribution in [0.15, 0.2) is 59.5 Å². The van der Waals surface area contributed by atoms with Gasteiger partial charge in [0.25, 0.3) is 0 Å². The standard InChI is InChI=1S/C24H25N5O2/c1-5-18-7-6-8-22(29-24(30)28(4)26-27-29)20(18)15-31-23-12-10-19(13-17(23)3)21-11-9-16(2)14-25-21/h6-14H,5,15H2,1-4H3. The smallest absolute Gasteiger partial charge is 0.368 e. The molecule has 4 aromatic rings. The molecule has 0 aliphatic rings. The van der Waals surface area contributed by atoms with Crippen LogP contribution in [0, 0.1) is 13.8 Å². The van der Waals surface area contributed by atoms with Crippen molar-refractivity contribution in [1.29, 1.82) is 0 Å². The Hall–Kier alpha value is -3.74. The molecule has 0 spiro atoms. The first-order chi connectivity index (χ1) is 15.0. The molecule has 7 heteroatoms. The van der Waals surface area contributed by atoms with E-state index in [-0.39, 0.29) is 5.69 Å². The number of aryl methyl sites for hydroxylation is 4. The van der Waals surface area contributed by atoms with E-state index in [2.05, 4.69) is 34.5 Å². The number of pyridine rings is 1. The lowest BCUT2D eigenvalue weighted by Crippen LogP contribution is -2.23. The Morgan fingerprint density at radius 2 is 1.87 bits per heavy atom. The van der Waals surface area contributed by atoms with Crippen molar-refractivity contribution >= 4 is 0 Å². The molecule has 0 bridgehead atoms. The fourth-order valence-electron chi connectivity index (χ4n) is 3.54. The first-order valence-corrected chi connectivity index (χ1v) is 10.2. The fraction of sp³-hybridized carbons (Fsp3) is 0.250. The number of rotatable bonds is 6. The van der Waals surface area contributed by atoms with Crippen molar-refractivity contribution in [3.05, 3.63) is 87.5 Å². The van der Waals surface area contributed by atoms with Gasteiger partial charge in [0, 0.05) is 24.4 Å². The van der Waals surface area contributed by atoms with Crippen LogP contribution < -0.4 is 10.4 Å².